The SMILES string of the molecule is CCC(NC(=O)c1ccc(-c2ccc(N(C)C)nn2)cc1)c1ccnn1C. The first-order valence-corrected chi connectivity index (χ1v) is 8.90. The summed E-state index contributed by atoms with van der Waals surface area (Å²) in [5, 5.41) is 15.7. The first-order valence-electron chi connectivity index (χ1n) is 8.90. The molecule has 0 fully saturated rings. The zero-order valence-electron chi connectivity index (χ0n) is 16.0. The Morgan fingerprint density at radius 2 is 1.85 bits per heavy atom. The molecule has 3 rings (SSSR count). The van der Waals surface area contributed by atoms with Gasteiger partial charge in [0.15, 0.2) is 5.82 Å². The summed E-state index contributed by atoms with van der Waals surface area (Å²) in [5.74, 6) is 0.694. The molecule has 7 heteroatoms. The van der Waals surface area contributed by atoms with Crippen molar-refractivity contribution in [1.82, 2.24) is 25.3 Å². The molecule has 2 heterocycles. The van der Waals surface area contributed by atoms with Gasteiger partial charge in [-0.3, -0.25) is 9.48 Å². The topological polar surface area (TPSA) is 75.9 Å². The number of rotatable bonds is 6. The van der Waals surface area contributed by atoms with E-state index in [0.29, 0.717) is 5.56 Å². The second kappa shape index (κ2) is 7.99. The molecule has 0 bridgehead atoms. The molecule has 1 N–H and O–H groups in total. The Kier molecular flexibility index (Phi) is 5.49. The van der Waals surface area contributed by atoms with Gasteiger partial charge in [-0.25, -0.2) is 0 Å². The lowest BCUT2D eigenvalue weighted by Crippen LogP contribution is -2.29. The maximum absolute atomic E-state index is 12.6. The van der Waals surface area contributed by atoms with E-state index in [1.165, 1.54) is 0 Å². The zero-order valence-corrected chi connectivity index (χ0v) is 16.0. The second-order valence-corrected chi connectivity index (χ2v) is 6.56. The molecule has 27 heavy (non-hydrogen) atoms. The largest absolute Gasteiger partial charge is 0.361 e. The Morgan fingerprint density at radius 3 is 2.37 bits per heavy atom. The molecule has 0 saturated carbocycles. The first-order chi connectivity index (χ1) is 13.0. The molecule has 0 saturated heterocycles. The van der Waals surface area contributed by atoms with Crippen LogP contribution in [-0.2, 0) is 7.05 Å². The number of aryl methyl sites for hydroxylation is 1. The van der Waals surface area contributed by atoms with Crippen LogP contribution in [0.3, 0.4) is 0 Å². The van der Waals surface area contributed by atoms with E-state index < -0.39 is 0 Å². The highest BCUT2D eigenvalue weighted by atomic mass is 16.1. The third-order valence-corrected chi connectivity index (χ3v) is 4.48. The van der Waals surface area contributed by atoms with E-state index in [9.17, 15) is 4.79 Å². The van der Waals surface area contributed by atoms with Crippen molar-refractivity contribution in [2.75, 3.05) is 19.0 Å². The summed E-state index contributed by atoms with van der Waals surface area (Å²) in [4.78, 5) is 14.5. The summed E-state index contributed by atoms with van der Waals surface area (Å²) < 4.78 is 1.79. The van der Waals surface area contributed by atoms with Gasteiger partial charge in [0.2, 0.25) is 0 Å². The maximum atomic E-state index is 12.6. The number of aromatic nitrogens is 4. The van der Waals surface area contributed by atoms with E-state index in [0.717, 1.165) is 29.2 Å². The Hall–Kier alpha value is -3.22. The summed E-state index contributed by atoms with van der Waals surface area (Å²) >= 11 is 0. The van der Waals surface area contributed by atoms with Gasteiger partial charge in [0.1, 0.15) is 0 Å². The molecule has 1 amide bonds. The van der Waals surface area contributed by atoms with Crippen molar-refractivity contribution in [2.45, 2.75) is 19.4 Å². The van der Waals surface area contributed by atoms with Crippen LogP contribution in [0.5, 0.6) is 0 Å². The molecule has 1 unspecified atom stereocenters. The van der Waals surface area contributed by atoms with Gasteiger partial charge in [-0.2, -0.15) is 5.10 Å². The summed E-state index contributed by atoms with van der Waals surface area (Å²) in [6, 6.07) is 13.1. The first kappa shape index (κ1) is 18.6. The Bertz CT molecular complexity index is 899. The number of amides is 1. The van der Waals surface area contributed by atoms with Gasteiger partial charge in [0.05, 0.1) is 17.4 Å². The molecule has 0 aliphatic heterocycles. The van der Waals surface area contributed by atoms with E-state index in [2.05, 4.69) is 20.6 Å². The third kappa shape index (κ3) is 4.13. The molecule has 0 aliphatic rings. The lowest BCUT2D eigenvalue weighted by atomic mass is 10.1. The number of anilines is 1. The standard InChI is InChI=1S/C20H24N6O/c1-5-16(18-12-13-21-26(18)4)22-20(27)15-8-6-14(7-9-15)17-10-11-19(24-23-17)25(2)3/h6-13,16H,5H2,1-4H3,(H,22,27). The molecule has 7 nitrogen and oxygen atoms in total. The monoisotopic (exact) mass is 364 g/mol. The van der Waals surface area contributed by atoms with Crippen molar-refractivity contribution in [1.29, 1.82) is 0 Å². The van der Waals surface area contributed by atoms with E-state index in [1.54, 1.807) is 10.9 Å². The molecular formula is C20H24N6O. The van der Waals surface area contributed by atoms with Crippen LogP contribution in [0, 0.1) is 0 Å². The predicted molar refractivity (Wildman–Crippen MR) is 106 cm³/mol. The van der Waals surface area contributed by atoms with Gasteiger partial charge in [-0.1, -0.05) is 19.1 Å². The van der Waals surface area contributed by atoms with Crippen molar-refractivity contribution in [3.05, 3.63) is 59.9 Å². The average Bonchev–Trinajstić information content (AvgIpc) is 3.12. The van der Waals surface area contributed by atoms with Crippen molar-refractivity contribution < 1.29 is 4.79 Å². The van der Waals surface area contributed by atoms with Crippen molar-refractivity contribution in [3.63, 3.8) is 0 Å². The summed E-state index contributed by atoms with van der Waals surface area (Å²) in [7, 11) is 5.72. The Labute approximate surface area is 159 Å². The highest BCUT2D eigenvalue weighted by Gasteiger charge is 2.17. The van der Waals surface area contributed by atoms with Crippen LogP contribution in [0.25, 0.3) is 11.3 Å². The number of carbonyl (C=O) groups is 1. The molecule has 0 spiro atoms. The number of hydrogen-bond acceptors (Lipinski definition) is 5. The minimum Gasteiger partial charge on any atom is -0.361 e. The van der Waals surface area contributed by atoms with Crippen molar-refractivity contribution in [3.8, 4) is 11.3 Å². The average molecular weight is 364 g/mol. The number of nitrogens with one attached hydrogen (secondary N) is 1. The maximum Gasteiger partial charge on any atom is 0.251 e. The highest BCUT2D eigenvalue weighted by Crippen LogP contribution is 2.20. The van der Waals surface area contributed by atoms with Gasteiger partial charge in [-0.05, 0) is 36.8 Å². The zero-order chi connectivity index (χ0) is 19.4. The van der Waals surface area contributed by atoms with Gasteiger partial charge in [0, 0.05) is 38.5 Å². The second-order valence-electron chi connectivity index (χ2n) is 6.56. The van der Waals surface area contributed by atoms with Crippen molar-refractivity contribution >= 4 is 11.7 Å². The number of hydrogen-bond donors (Lipinski definition) is 1. The quantitative estimate of drug-likeness (QED) is 0.728. The smallest absolute Gasteiger partial charge is 0.251 e. The predicted octanol–water partition coefficient (Wildman–Crippen LogP) is 2.82. The van der Waals surface area contributed by atoms with Crippen LogP contribution >= 0.6 is 0 Å². The molecule has 0 radical (unpaired) electrons. The highest BCUT2D eigenvalue weighted by molar-refractivity contribution is 5.94. The fourth-order valence-electron chi connectivity index (χ4n) is 2.86. The molecule has 1 atom stereocenters. The minimum absolute atomic E-state index is 0.0749. The van der Waals surface area contributed by atoms with Gasteiger partial charge in [-0.15, -0.1) is 10.2 Å². The third-order valence-electron chi connectivity index (χ3n) is 4.48. The number of nitrogens with zero attached hydrogens (tertiary/aromatic N) is 5. The van der Waals surface area contributed by atoms with E-state index >= 15 is 0 Å². The van der Waals surface area contributed by atoms with Crippen LogP contribution in [0.2, 0.25) is 0 Å². The van der Waals surface area contributed by atoms with Gasteiger partial charge >= 0.3 is 0 Å². The fourth-order valence-corrected chi connectivity index (χ4v) is 2.86. The van der Waals surface area contributed by atoms with Crippen LogP contribution in [0.15, 0.2) is 48.7 Å². The Balaban J connectivity index is 1.72. The molecule has 3 aromatic rings. The molecule has 0 aliphatic carbocycles. The number of carbonyl (C=O) groups excluding carboxylic acids is 1. The van der Waals surface area contributed by atoms with Crippen LogP contribution < -0.4 is 10.2 Å². The van der Waals surface area contributed by atoms with E-state index in [-0.39, 0.29) is 11.9 Å². The normalized spacial score (nSPS) is 11.9. The summed E-state index contributed by atoms with van der Waals surface area (Å²) in [6.45, 7) is 2.04. The lowest BCUT2D eigenvalue weighted by Gasteiger charge is -2.17. The molecule has 140 valence electrons. The fraction of sp³-hybridized carbons (Fsp3) is 0.300. The molecule has 2 aromatic heterocycles. The van der Waals surface area contributed by atoms with Crippen LogP contribution in [-0.4, -0.2) is 40.0 Å². The summed E-state index contributed by atoms with van der Waals surface area (Å²) in [5.41, 5.74) is 3.29. The van der Waals surface area contributed by atoms with E-state index in [1.807, 2.05) is 75.4 Å². The van der Waals surface area contributed by atoms with Crippen molar-refractivity contribution in [2.24, 2.45) is 7.05 Å². The van der Waals surface area contributed by atoms with Crippen LogP contribution in [0.4, 0.5) is 5.82 Å². The Morgan fingerprint density at radius 1 is 1.11 bits per heavy atom. The molecular weight excluding hydrogens is 340 g/mol. The summed E-state index contributed by atoms with van der Waals surface area (Å²) in [6.07, 6.45) is 2.53. The number of benzene rings is 1. The molecule has 1 aromatic carbocycles. The minimum atomic E-state index is -0.108. The lowest BCUT2D eigenvalue weighted by molar-refractivity contribution is 0.0934. The van der Waals surface area contributed by atoms with E-state index in [4.69, 9.17) is 0 Å². The van der Waals surface area contributed by atoms with Gasteiger partial charge in [0.25, 0.3) is 5.91 Å². The van der Waals surface area contributed by atoms with Gasteiger partial charge < -0.3 is 10.2 Å². The van der Waals surface area contributed by atoms with Crippen LogP contribution in [0.1, 0.15) is 35.4 Å².